The van der Waals surface area contributed by atoms with Gasteiger partial charge < -0.3 is 4.90 Å². The molecule has 0 spiro atoms. The van der Waals surface area contributed by atoms with Crippen molar-refractivity contribution in [2.75, 3.05) is 18.0 Å². The molecule has 1 heterocycles. The first-order valence-corrected chi connectivity index (χ1v) is 8.24. The zero-order chi connectivity index (χ0) is 15.4. The lowest BCUT2D eigenvalue weighted by atomic mass is 10.1. The summed E-state index contributed by atoms with van der Waals surface area (Å²) in [5.74, 6) is 2.74. The molecule has 2 nitrogen and oxygen atoms in total. The maximum Gasteiger partial charge on any atom is 0.133 e. The molecule has 1 aromatic heterocycles. The van der Waals surface area contributed by atoms with Crippen molar-refractivity contribution in [2.24, 2.45) is 11.8 Å². The van der Waals surface area contributed by atoms with Gasteiger partial charge in [-0.3, -0.25) is 0 Å². The molecule has 0 saturated carbocycles. The van der Waals surface area contributed by atoms with Crippen molar-refractivity contribution in [3.63, 3.8) is 0 Å². The third kappa shape index (κ3) is 4.10. The average Bonchev–Trinajstić information content (AvgIpc) is 2.44. The van der Waals surface area contributed by atoms with Crippen LogP contribution in [0.1, 0.15) is 33.3 Å². The van der Waals surface area contributed by atoms with E-state index in [0.717, 1.165) is 35.4 Å². The summed E-state index contributed by atoms with van der Waals surface area (Å²) >= 11 is 6.18. The molecule has 2 aromatic rings. The van der Waals surface area contributed by atoms with Gasteiger partial charge in [-0.25, -0.2) is 4.98 Å². The molecule has 0 bridgehead atoms. The Balaban J connectivity index is 2.48. The minimum atomic E-state index is 0.500. The molecule has 1 aromatic carbocycles. The van der Waals surface area contributed by atoms with Crippen LogP contribution in [0.5, 0.6) is 0 Å². The third-order valence-corrected chi connectivity index (χ3v) is 3.68. The van der Waals surface area contributed by atoms with Gasteiger partial charge in [0.25, 0.3) is 0 Å². The van der Waals surface area contributed by atoms with E-state index in [1.807, 2.05) is 12.1 Å². The Morgan fingerprint density at radius 2 is 1.67 bits per heavy atom. The summed E-state index contributed by atoms with van der Waals surface area (Å²) in [5, 5.41) is 1.16. The number of para-hydroxylation sites is 1. The van der Waals surface area contributed by atoms with E-state index in [2.05, 4.69) is 50.8 Å². The second kappa shape index (κ2) is 7.13. The average molecular weight is 305 g/mol. The van der Waals surface area contributed by atoms with Crippen LogP contribution in [-0.4, -0.2) is 18.1 Å². The van der Waals surface area contributed by atoms with Crippen LogP contribution in [-0.2, 0) is 5.88 Å². The summed E-state index contributed by atoms with van der Waals surface area (Å²) in [5.41, 5.74) is 2.16. The summed E-state index contributed by atoms with van der Waals surface area (Å²) in [4.78, 5) is 7.28. The van der Waals surface area contributed by atoms with Gasteiger partial charge in [-0.05, 0) is 24.0 Å². The van der Waals surface area contributed by atoms with E-state index >= 15 is 0 Å². The Morgan fingerprint density at radius 3 is 2.24 bits per heavy atom. The molecule has 0 saturated heterocycles. The molecule has 0 N–H and O–H groups in total. The smallest absolute Gasteiger partial charge is 0.133 e. The Bertz CT molecular complexity index is 583. The van der Waals surface area contributed by atoms with Crippen LogP contribution >= 0.6 is 11.6 Å². The molecule has 0 atom stereocenters. The minimum Gasteiger partial charge on any atom is -0.356 e. The summed E-state index contributed by atoms with van der Waals surface area (Å²) in [7, 11) is 0. The van der Waals surface area contributed by atoms with E-state index in [1.165, 1.54) is 0 Å². The number of hydrogen-bond acceptors (Lipinski definition) is 2. The number of aromatic nitrogens is 1. The van der Waals surface area contributed by atoms with Crippen molar-refractivity contribution in [1.29, 1.82) is 0 Å². The van der Waals surface area contributed by atoms with Gasteiger partial charge in [-0.1, -0.05) is 45.9 Å². The van der Waals surface area contributed by atoms with Crippen LogP contribution in [0, 0.1) is 11.8 Å². The number of pyridine rings is 1. The Hall–Kier alpha value is -1.28. The van der Waals surface area contributed by atoms with Gasteiger partial charge in [0.15, 0.2) is 0 Å². The van der Waals surface area contributed by atoms with E-state index in [-0.39, 0.29) is 0 Å². The molecule has 0 aliphatic heterocycles. The molecule has 114 valence electrons. The van der Waals surface area contributed by atoms with Crippen molar-refractivity contribution >= 4 is 28.3 Å². The summed E-state index contributed by atoms with van der Waals surface area (Å²) < 4.78 is 0. The predicted molar refractivity (Wildman–Crippen MR) is 93.2 cm³/mol. The molecule has 3 heteroatoms. The van der Waals surface area contributed by atoms with Crippen LogP contribution in [0.4, 0.5) is 5.82 Å². The van der Waals surface area contributed by atoms with E-state index < -0.39 is 0 Å². The topological polar surface area (TPSA) is 16.1 Å². The highest BCUT2D eigenvalue weighted by molar-refractivity contribution is 6.17. The SMILES string of the molecule is CC(C)CN(CC(C)C)c1nc2ccccc2cc1CCl. The van der Waals surface area contributed by atoms with Gasteiger partial charge in [-0.2, -0.15) is 0 Å². The van der Waals surface area contributed by atoms with E-state index in [1.54, 1.807) is 0 Å². The fourth-order valence-electron chi connectivity index (χ4n) is 2.65. The van der Waals surface area contributed by atoms with Crippen molar-refractivity contribution in [3.8, 4) is 0 Å². The fraction of sp³-hybridized carbons (Fsp3) is 0.500. The number of nitrogens with zero attached hydrogens (tertiary/aromatic N) is 2. The summed E-state index contributed by atoms with van der Waals surface area (Å²) in [6.45, 7) is 11.0. The Labute approximate surface area is 133 Å². The number of fused-ring (bicyclic) bond motifs is 1. The molecule has 0 radical (unpaired) electrons. The lowest BCUT2D eigenvalue weighted by Crippen LogP contribution is -2.32. The minimum absolute atomic E-state index is 0.500. The molecule has 0 fully saturated rings. The summed E-state index contributed by atoms with van der Waals surface area (Å²) in [6.07, 6.45) is 0. The highest BCUT2D eigenvalue weighted by Crippen LogP contribution is 2.26. The van der Waals surface area contributed by atoms with Gasteiger partial charge >= 0.3 is 0 Å². The zero-order valence-electron chi connectivity index (χ0n) is 13.4. The number of benzene rings is 1. The maximum absolute atomic E-state index is 6.18. The van der Waals surface area contributed by atoms with E-state index in [4.69, 9.17) is 16.6 Å². The first-order chi connectivity index (χ1) is 10.0. The number of alkyl halides is 1. The largest absolute Gasteiger partial charge is 0.356 e. The van der Waals surface area contributed by atoms with E-state index in [0.29, 0.717) is 17.7 Å². The van der Waals surface area contributed by atoms with Crippen LogP contribution in [0.2, 0.25) is 0 Å². The maximum atomic E-state index is 6.18. The molecular weight excluding hydrogens is 280 g/mol. The van der Waals surface area contributed by atoms with Crippen molar-refractivity contribution in [2.45, 2.75) is 33.6 Å². The standard InChI is InChI=1S/C18H25ClN2/c1-13(2)11-21(12-14(3)4)18-16(10-19)9-15-7-5-6-8-17(15)20-18/h5-9,13-14H,10-12H2,1-4H3. The Kier molecular flexibility index (Phi) is 5.46. The lowest BCUT2D eigenvalue weighted by Gasteiger charge is -2.29. The van der Waals surface area contributed by atoms with Gasteiger partial charge in [0.05, 0.1) is 11.4 Å². The van der Waals surface area contributed by atoms with Gasteiger partial charge in [0, 0.05) is 24.0 Å². The second-order valence-corrected chi connectivity index (χ2v) is 6.76. The van der Waals surface area contributed by atoms with Gasteiger partial charge in [-0.15, -0.1) is 11.6 Å². The first-order valence-electron chi connectivity index (χ1n) is 7.70. The predicted octanol–water partition coefficient (Wildman–Crippen LogP) is 5.09. The van der Waals surface area contributed by atoms with Crippen molar-refractivity contribution in [1.82, 2.24) is 4.98 Å². The molecule has 2 rings (SSSR count). The molecule has 0 aliphatic rings. The monoisotopic (exact) mass is 304 g/mol. The summed E-state index contributed by atoms with van der Waals surface area (Å²) in [6, 6.07) is 10.4. The van der Waals surface area contributed by atoms with E-state index in [9.17, 15) is 0 Å². The molecule has 0 unspecified atom stereocenters. The quantitative estimate of drug-likeness (QED) is 0.691. The molecule has 0 amide bonds. The van der Waals surface area contributed by atoms with Crippen LogP contribution in [0.3, 0.4) is 0 Å². The molecule has 21 heavy (non-hydrogen) atoms. The van der Waals surface area contributed by atoms with Crippen LogP contribution in [0.25, 0.3) is 10.9 Å². The second-order valence-electron chi connectivity index (χ2n) is 6.49. The van der Waals surface area contributed by atoms with Gasteiger partial charge in [0.1, 0.15) is 5.82 Å². The number of hydrogen-bond donors (Lipinski definition) is 0. The van der Waals surface area contributed by atoms with Crippen molar-refractivity contribution < 1.29 is 0 Å². The molecule has 0 aliphatic carbocycles. The first kappa shape index (κ1) is 16.1. The van der Waals surface area contributed by atoms with Crippen molar-refractivity contribution in [3.05, 3.63) is 35.9 Å². The highest BCUT2D eigenvalue weighted by Gasteiger charge is 2.16. The van der Waals surface area contributed by atoms with Crippen LogP contribution < -0.4 is 4.90 Å². The normalized spacial score (nSPS) is 11.6. The van der Waals surface area contributed by atoms with Gasteiger partial charge in [0.2, 0.25) is 0 Å². The van der Waals surface area contributed by atoms with Crippen LogP contribution in [0.15, 0.2) is 30.3 Å². The lowest BCUT2D eigenvalue weighted by molar-refractivity contribution is 0.548. The number of halogens is 1. The fourth-order valence-corrected chi connectivity index (χ4v) is 2.85. The number of rotatable bonds is 6. The molecular formula is C18H25ClN2. The Morgan fingerprint density at radius 1 is 1.05 bits per heavy atom. The third-order valence-electron chi connectivity index (χ3n) is 3.39. The number of anilines is 1. The highest BCUT2D eigenvalue weighted by atomic mass is 35.5. The zero-order valence-corrected chi connectivity index (χ0v) is 14.2.